The van der Waals surface area contributed by atoms with Crippen molar-refractivity contribution in [3.63, 3.8) is 0 Å². The molecule has 2 saturated heterocycles. The van der Waals surface area contributed by atoms with Crippen LogP contribution in [0.2, 0.25) is 0 Å². The summed E-state index contributed by atoms with van der Waals surface area (Å²) in [6.45, 7) is 8.66. The van der Waals surface area contributed by atoms with Crippen LogP contribution in [0.3, 0.4) is 0 Å². The van der Waals surface area contributed by atoms with Crippen LogP contribution in [0.5, 0.6) is 5.75 Å². The zero-order valence-electron chi connectivity index (χ0n) is 17.9. The van der Waals surface area contributed by atoms with Crippen LogP contribution in [0.25, 0.3) is 0 Å². The van der Waals surface area contributed by atoms with Crippen LogP contribution >= 0.6 is 0 Å². The van der Waals surface area contributed by atoms with Gasteiger partial charge in [0.05, 0.1) is 19.8 Å². The van der Waals surface area contributed by atoms with E-state index >= 15 is 0 Å². The molecule has 164 valence electrons. The molecule has 0 unspecified atom stereocenters. The number of piperidine rings is 1. The second-order valence-electron chi connectivity index (χ2n) is 8.83. The van der Waals surface area contributed by atoms with Crippen molar-refractivity contribution < 1.29 is 21.9 Å². The second kappa shape index (κ2) is 12.1. The van der Waals surface area contributed by atoms with Crippen molar-refractivity contribution >= 4 is 0 Å². The molecule has 2 aliphatic heterocycles. The number of rotatable bonds is 7. The smallest absolute Gasteiger partial charge is 0.119 e. The molecule has 3 aliphatic rings. The van der Waals surface area contributed by atoms with Crippen LogP contribution in [0, 0.1) is 0 Å². The molecule has 3 fully saturated rings. The molecular weight excluding hydrogens is 384 g/mol. The Kier molecular flexibility index (Phi) is 9.57. The van der Waals surface area contributed by atoms with Crippen LogP contribution in [0.4, 0.5) is 0 Å². The van der Waals surface area contributed by atoms with Crippen molar-refractivity contribution in [2.45, 2.75) is 63.3 Å². The molecule has 2 heterocycles. The summed E-state index contributed by atoms with van der Waals surface area (Å²) in [5.74, 6) is 1.76. The number of likely N-dealkylation sites (tertiary alicyclic amines) is 1. The number of benzene rings is 1. The van der Waals surface area contributed by atoms with Crippen LogP contribution < -0.4 is 17.1 Å². The van der Waals surface area contributed by atoms with Gasteiger partial charge in [0, 0.05) is 25.7 Å². The lowest BCUT2D eigenvalue weighted by Gasteiger charge is -2.38. The summed E-state index contributed by atoms with van der Waals surface area (Å²) >= 11 is 0. The van der Waals surface area contributed by atoms with Gasteiger partial charge in [-0.1, -0.05) is 18.6 Å². The number of nitrogens with zero attached hydrogens (tertiary/aromatic N) is 2. The Bertz CT molecular complexity index is 563. The van der Waals surface area contributed by atoms with Crippen molar-refractivity contribution in [1.29, 1.82) is 0 Å². The standard InChI is InChI=1S/C24H38N2O2.ClH/c1-2-13-25(14-3-1)15-4-18-28-24-11-7-22(8-12-24)21-5-9-23(10-6-21)26-16-19-27-20-17-26;/h7-8,11-12,21,23H,1-6,9-10,13-20H2;1H/p-1. The molecule has 1 aliphatic carbocycles. The lowest BCUT2D eigenvalue weighted by molar-refractivity contribution is -0.00000982. The lowest BCUT2D eigenvalue weighted by Crippen LogP contribution is -3.00. The average molecular weight is 422 g/mol. The summed E-state index contributed by atoms with van der Waals surface area (Å²) in [6, 6.07) is 9.76. The molecule has 5 heteroatoms. The third kappa shape index (κ3) is 6.85. The largest absolute Gasteiger partial charge is 1.00 e. The number of ether oxygens (including phenoxy) is 2. The quantitative estimate of drug-likeness (QED) is 0.620. The summed E-state index contributed by atoms with van der Waals surface area (Å²) in [5, 5.41) is 0. The van der Waals surface area contributed by atoms with Gasteiger partial charge in [-0.15, -0.1) is 0 Å². The van der Waals surface area contributed by atoms with Gasteiger partial charge in [-0.3, -0.25) is 4.90 Å². The van der Waals surface area contributed by atoms with Gasteiger partial charge >= 0.3 is 0 Å². The van der Waals surface area contributed by atoms with E-state index in [4.69, 9.17) is 9.47 Å². The third-order valence-corrected chi connectivity index (χ3v) is 6.95. The van der Waals surface area contributed by atoms with E-state index in [1.165, 1.54) is 70.1 Å². The van der Waals surface area contributed by atoms with E-state index in [0.29, 0.717) is 0 Å². The molecule has 0 bridgehead atoms. The molecule has 29 heavy (non-hydrogen) atoms. The molecule has 0 radical (unpaired) electrons. The molecule has 0 aromatic heterocycles. The maximum Gasteiger partial charge on any atom is 0.119 e. The first-order chi connectivity index (χ1) is 13.9. The average Bonchev–Trinajstić information content (AvgIpc) is 2.79. The minimum Gasteiger partial charge on any atom is -1.00 e. The Hall–Kier alpha value is -0.810. The number of hydrogen-bond donors (Lipinski definition) is 0. The molecule has 1 saturated carbocycles. The van der Waals surface area contributed by atoms with Gasteiger partial charge in [0.2, 0.25) is 0 Å². The fraction of sp³-hybridized carbons (Fsp3) is 0.750. The maximum absolute atomic E-state index is 5.99. The van der Waals surface area contributed by atoms with Gasteiger partial charge in [-0.05, 0) is 81.6 Å². The van der Waals surface area contributed by atoms with Crippen molar-refractivity contribution in [3.8, 4) is 5.75 Å². The molecule has 1 aromatic carbocycles. The van der Waals surface area contributed by atoms with Gasteiger partial charge < -0.3 is 26.8 Å². The van der Waals surface area contributed by atoms with Gasteiger partial charge in [0.25, 0.3) is 0 Å². The van der Waals surface area contributed by atoms with Crippen LogP contribution in [-0.4, -0.2) is 68.4 Å². The van der Waals surface area contributed by atoms with Gasteiger partial charge in [0.1, 0.15) is 5.75 Å². The Morgan fingerprint density at radius 1 is 0.862 bits per heavy atom. The maximum atomic E-state index is 5.99. The van der Waals surface area contributed by atoms with Gasteiger partial charge in [0.15, 0.2) is 0 Å². The second-order valence-corrected chi connectivity index (χ2v) is 8.83. The van der Waals surface area contributed by atoms with E-state index in [-0.39, 0.29) is 12.4 Å². The molecule has 4 nitrogen and oxygen atoms in total. The van der Waals surface area contributed by atoms with Crippen LogP contribution in [0.1, 0.15) is 62.8 Å². The molecule has 0 atom stereocenters. The Morgan fingerprint density at radius 2 is 1.55 bits per heavy atom. The van der Waals surface area contributed by atoms with Crippen molar-refractivity contribution in [2.24, 2.45) is 0 Å². The van der Waals surface area contributed by atoms with Crippen molar-refractivity contribution in [3.05, 3.63) is 29.8 Å². The predicted octanol–water partition coefficient (Wildman–Crippen LogP) is 1.30. The highest BCUT2D eigenvalue weighted by molar-refractivity contribution is 5.29. The van der Waals surface area contributed by atoms with E-state index in [1.807, 2.05) is 0 Å². The van der Waals surface area contributed by atoms with E-state index in [2.05, 4.69) is 34.1 Å². The van der Waals surface area contributed by atoms with E-state index < -0.39 is 0 Å². The third-order valence-electron chi connectivity index (χ3n) is 6.95. The fourth-order valence-electron chi connectivity index (χ4n) is 5.21. The van der Waals surface area contributed by atoms with Gasteiger partial charge in [-0.2, -0.15) is 0 Å². The van der Waals surface area contributed by atoms with E-state index in [9.17, 15) is 0 Å². The Labute approximate surface area is 183 Å². The highest BCUT2D eigenvalue weighted by Crippen LogP contribution is 2.35. The fourth-order valence-corrected chi connectivity index (χ4v) is 5.21. The minimum atomic E-state index is 0. The molecule has 4 rings (SSSR count). The summed E-state index contributed by atoms with van der Waals surface area (Å²) in [5.41, 5.74) is 1.50. The molecule has 0 spiro atoms. The molecule has 1 aromatic rings. The lowest BCUT2D eigenvalue weighted by atomic mass is 9.81. The van der Waals surface area contributed by atoms with Crippen LogP contribution in [0.15, 0.2) is 24.3 Å². The summed E-state index contributed by atoms with van der Waals surface area (Å²) in [4.78, 5) is 5.24. The van der Waals surface area contributed by atoms with E-state index in [0.717, 1.165) is 57.0 Å². The highest BCUT2D eigenvalue weighted by atomic mass is 35.5. The SMILES string of the molecule is [Cl-].c1cc(C2CCC(N3CCOCC3)CC2)ccc1OCCCN1CCCCC1. The molecule has 0 amide bonds. The number of halogens is 1. The topological polar surface area (TPSA) is 24.9 Å². The minimum absolute atomic E-state index is 0. The van der Waals surface area contributed by atoms with Gasteiger partial charge in [-0.25, -0.2) is 0 Å². The van der Waals surface area contributed by atoms with Crippen molar-refractivity contribution in [2.75, 3.05) is 52.5 Å². The first kappa shape index (κ1) is 22.9. The first-order valence-electron chi connectivity index (χ1n) is 11.7. The summed E-state index contributed by atoms with van der Waals surface area (Å²) < 4.78 is 11.5. The highest BCUT2D eigenvalue weighted by Gasteiger charge is 2.27. The first-order valence-corrected chi connectivity index (χ1v) is 11.7. The molecule has 0 N–H and O–H groups in total. The number of morpholine rings is 1. The Balaban J connectivity index is 0.00000240. The zero-order valence-corrected chi connectivity index (χ0v) is 18.6. The predicted molar refractivity (Wildman–Crippen MR) is 114 cm³/mol. The van der Waals surface area contributed by atoms with E-state index in [1.54, 1.807) is 0 Å². The Morgan fingerprint density at radius 3 is 2.24 bits per heavy atom. The zero-order chi connectivity index (χ0) is 19.0. The van der Waals surface area contributed by atoms with Crippen LogP contribution in [-0.2, 0) is 4.74 Å². The monoisotopic (exact) mass is 421 g/mol. The summed E-state index contributed by atoms with van der Waals surface area (Å²) in [7, 11) is 0. The summed E-state index contributed by atoms with van der Waals surface area (Å²) in [6.07, 6.45) is 10.6. The normalized spacial score (nSPS) is 26.6. The number of hydrogen-bond acceptors (Lipinski definition) is 4. The molecular formula is C24H38ClN2O2-. The van der Waals surface area contributed by atoms with Crippen molar-refractivity contribution in [1.82, 2.24) is 9.80 Å².